The van der Waals surface area contributed by atoms with Gasteiger partial charge in [-0.1, -0.05) is 111 Å². The fourth-order valence-corrected chi connectivity index (χ4v) is 7.66. The molecule has 1 aliphatic heterocycles. The molecule has 0 saturated carbocycles. The summed E-state index contributed by atoms with van der Waals surface area (Å²) in [5.74, 6) is -4.21. The number of esters is 2. The van der Waals surface area contributed by atoms with Crippen LogP contribution in [0.15, 0.2) is 91.0 Å². The third-order valence-electron chi connectivity index (χ3n) is 11.4. The second-order valence-electron chi connectivity index (χ2n) is 18.8. The van der Waals surface area contributed by atoms with Gasteiger partial charge in [0.1, 0.15) is 43.0 Å². The van der Waals surface area contributed by atoms with E-state index in [-0.39, 0.29) is 38.0 Å². The number of unbranched alkanes of at least 4 members (excludes halogenated alkanes) is 3. The molecule has 17 heteroatoms. The van der Waals surface area contributed by atoms with Crippen LogP contribution in [0.4, 0.5) is 4.79 Å². The smallest absolute Gasteiger partial charge is 0.408 e. The number of hydrogen-bond acceptors (Lipinski definition) is 11. The minimum Gasteiger partial charge on any atom is -0.461 e. The van der Waals surface area contributed by atoms with Crippen LogP contribution in [-0.4, -0.2) is 102 Å². The largest absolute Gasteiger partial charge is 0.461 e. The van der Waals surface area contributed by atoms with E-state index in [9.17, 15) is 38.4 Å². The summed E-state index contributed by atoms with van der Waals surface area (Å²) in [6.45, 7) is 9.48. The van der Waals surface area contributed by atoms with Crippen molar-refractivity contribution >= 4 is 47.6 Å². The molecular formula is C53H72N6O11. The van der Waals surface area contributed by atoms with Gasteiger partial charge in [-0.3, -0.25) is 28.8 Å². The number of benzene rings is 3. The Morgan fingerprint density at radius 2 is 1.20 bits per heavy atom. The standard InChI is InChI=1S/C53H72N6O11/c1-37(2)47(50(65)59-32-20-28-43(59)51(66)69-36-40-25-14-8-15-26-40)58-49(64)42(34-46(62)68-35-39-23-12-7-13-24-39)56-48(63)41(57-52(67)70-53(3,4)5)27-17-19-31-54-44(60)29-16-9-18-30-55-45(61)33-38-21-10-6-11-22-38/h6-8,10-15,21-26,37,41-43,47H,9,16-20,27-36H2,1-5H3,(H,54,60)(H,55,61)(H,56,63)(H,57,67)(H,58,64)/t41-,42+,43-,47-/m0/s1. The number of ether oxygens (including phenoxy) is 3. The highest BCUT2D eigenvalue weighted by molar-refractivity contribution is 5.96. The molecule has 6 amide bonds. The average Bonchev–Trinajstić information content (AvgIpc) is 3.83. The maximum atomic E-state index is 14.2. The SMILES string of the molecule is CC(C)[C@H](NC(=O)[C@@H](CC(=O)OCc1ccccc1)NC(=O)[C@H](CCCCNC(=O)CCCCCNC(=O)Cc1ccccc1)NC(=O)OC(C)(C)C)C(=O)N1CCC[C@H]1C(=O)OCc1ccccc1. The van der Waals surface area contributed by atoms with Gasteiger partial charge in [-0.15, -0.1) is 0 Å². The van der Waals surface area contributed by atoms with Crippen molar-refractivity contribution in [1.82, 2.24) is 31.5 Å². The first-order valence-corrected chi connectivity index (χ1v) is 24.4. The van der Waals surface area contributed by atoms with Crippen LogP contribution >= 0.6 is 0 Å². The van der Waals surface area contributed by atoms with E-state index in [0.29, 0.717) is 63.6 Å². The lowest BCUT2D eigenvalue weighted by Crippen LogP contribution is -2.59. The molecule has 1 aliphatic rings. The summed E-state index contributed by atoms with van der Waals surface area (Å²) < 4.78 is 16.5. The van der Waals surface area contributed by atoms with Crippen LogP contribution in [0.3, 0.4) is 0 Å². The van der Waals surface area contributed by atoms with E-state index in [2.05, 4.69) is 26.6 Å². The number of nitrogens with one attached hydrogen (secondary N) is 5. The van der Waals surface area contributed by atoms with E-state index in [0.717, 1.165) is 24.0 Å². The number of alkyl carbamates (subject to hydrolysis) is 1. The zero-order valence-corrected chi connectivity index (χ0v) is 41.3. The average molecular weight is 969 g/mol. The number of rotatable bonds is 27. The molecule has 3 aromatic carbocycles. The monoisotopic (exact) mass is 969 g/mol. The van der Waals surface area contributed by atoms with Crippen LogP contribution in [0.2, 0.25) is 0 Å². The Kier molecular flexibility index (Phi) is 23.4. The zero-order chi connectivity index (χ0) is 50.9. The third kappa shape index (κ3) is 20.8. The topological polar surface area (TPSA) is 228 Å². The summed E-state index contributed by atoms with van der Waals surface area (Å²) in [6.07, 6.45) is 3.08. The number of carbonyl (C=O) groups excluding carboxylic acids is 8. The minimum absolute atomic E-state index is 0.0338. The van der Waals surface area contributed by atoms with E-state index >= 15 is 0 Å². The summed E-state index contributed by atoms with van der Waals surface area (Å²) in [5, 5.41) is 13.7. The summed E-state index contributed by atoms with van der Waals surface area (Å²) in [4.78, 5) is 108. The van der Waals surface area contributed by atoms with E-state index in [4.69, 9.17) is 14.2 Å². The molecule has 380 valence electrons. The molecule has 3 aromatic rings. The summed E-state index contributed by atoms with van der Waals surface area (Å²) >= 11 is 0. The Bertz CT molecular complexity index is 2150. The van der Waals surface area contributed by atoms with Crippen molar-refractivity contribution in [1.29, 1.82) is 0 Å². The van der Waals surface area contributed by atoms with Crippen LogP contribution in [0.25, 0.3) is 0 Å². The van der Waals surface area contributed by atoms with Crippen molar-refractivity contribution in [2.75, 3.05) is 19.6 Å². The number of carbonyl (C=O) groups is 8. The first kappa shape index (κ1) is 55.8. The molecule has 0 bridgehead atoms. The molecule has 0 spiro atoms. The summed E-state index contributed by atoms with van der Waals surface area (Å²) in [7, 11) is 0. The molecular weight excluding hydrogens is 897 g/mol. The van der Waals surface area contributed by atoms with Gasteiger partial charge in [0.2, 0.25) is 29.5 Å². The molecule has 0 aliphatic carbocycles. The molecule has 1 saturated heterocycles. The second kappa shape index (κ2) is 29.3. The van der Waals surface area contributed by atoms with Gasteiger partial charge in [0.25, 0.3) is 0 Å². The molecule has 17 nitrogen and oxygen atoms in total. The van der Waals surface area contributed by atoms with Gasteiger partial charge in [-0.2, -0.15) is 0 Å². The van der Waals surface area contributed by atoms with Gasteiger partial charge in [0.15, 0.2) is 0 Å². The lowest BCUT2D eigenvalue weighted by Gasteiger charge is -2.31. The Balaban J connectivity index is 1.36. The molecule has 0 aromatic heterocycles. The lowest BCUT2D eigenvalue weighted by atomic mass is 10.0. The van der Waals surface area contributed by atoms with Crippen LogP contribution < -0.4 is 26.6 Å². The van der Waals surface area contributed by atoms with E-state index in [1.54, 1.807) is 58.9 Å². The quantitative estimate of drug-likeness (QED) is 0.0360. The van der Waals surface area contributed by atoms with Crippen molar-refractivity contribution in [2.24, 2.45) is 5.92 Å². The van der Waals surface area contributed by atoms with E-state index < -0.39 is 77.9 Å². The first-order chi connectivity index (χ1) is 33.5. The normalized spacial score (nSPS) is 14.6. The lowest BCUT2D eigenvalue weighted by molar-refractivity contribution is -0.155. The van der Waals surface area contributed by atoms with Gasteiger partial charge in [-0.05, 0) is 88.3 Å². The molecule has 0 radical (unpaired) electrons. The Morgan fingerprint density at radius 1 is 0.643 bits per heavy atom. The Labute approximate surface area is 411 Å². The van der Waals surface area contributed by atoms with Crippen molar-refractivity contribution < 1.29 is 52.6 Å². The van der Waals surface area contributed by atoms with Crippen molar-refractivity contribution in [3.05, 3.63) is 108 Å². The van der Waals surface area contributed by atoms with Crippen LogP contribution in [0.1, 0.15) is 116 Å². The van der Waals surface area contributed by atoms with Gasteiger partial charge in [0.05, 0.1) is 12.8 Å². The van der Waals surface area contributed by atoms with Crippen molar-refractivity contribution in [3.8, 4) is 0 Å². The Morgan fingerprint density at radius 3 is 1.80 bits per heavy atom. The van der Waals surface area contributed by atoms with E-state index in [1.165, 1.54) is 4.90 Å². The maximum absolute atomic E-state index is 14.2. The molecule has 1 heterocycles. The number of hydrogen-bond donors (Lipinski definition) is 5. The van der Waals surface area contributed by atoms with Gasteiger partial charge in [0, 0.05) is 26.1 Å². The fraction of sp³-hybridized carbons (Fsp3) is 0.509. The highest BCUT2D eigenvalue weighted by Crippen LogP contribution is 2.22. The predicted octanol–water partition coefficient (Wildman–Crippen LogP) is 5.58. The fourth-order valence-electron chi connectivity index (χ4n) is 7.66. The zero-order valence-electron chi connectivity index (χ0n) is 41.3. The predicted molar refractivity (Wildman–Crippen MR) is 262 cm³/mol. The molecule has 70 heavy (non-hydrogen) atoms. The molecule has 4 atom stereocenters. The number of nitrogens with zero attached hydrogens (tertiary/aromatic N) is 1. The van der Waals surface area contributed by atoms with Crippen LogP contribution in [0, 0.1) is 5.92 Å². The maximum Gasteiger partial charge on any atom is 0.408 e. The summed E-state index contributed by atoms with van der Waals surface area (Å²) in [5.41, 5.74) is 1.53. The van der Waals surface area contributed by atoms with Crippen molar-refractivity contribution in [2.45, 2.75) is 148 Å². The third-order valence-corrected chi connectivity index (χ3v) is 11.4. The van der Waals surface area contributed by atoms with Crippen LogP contribution in [0.5, 0.6) is 0 Å². The van der Waals surface area contributed by atoms with Gasteiger partial charge in [-0.25, -0.2) is 9.59 Å². The highest BCUT2D eigenvalue weighted by atomic mass is 16.6. The van der Waals surface area contributed by atoms with Crippen LogP contribution in [-0.2, 0) is 67.4 Å². The van der Waals surface area contributed by atoms with Crippen molar-refractivity contribution in [3.63, 3.8) is 0 Å². The molecule has 4 rings (SSSR count). The molecule has 1 fully saturated rings. The Hall–Kier alpha value is -6.78. The second-order valence-corrected chi connectivity index (χ2v) is 18.8. The van der Waals surface area contributed by atoms with Gasteiger partial charge < -0.3 is 45.7 Å². The van der Waals surface area contributed by atoms with E-state index in [1.807, 2.05) is 66.7 Å². The number of amides is 6. The molecule has 0 unspecified atom stereocenters. The summed E-state index contributed by atoms with van der Waals surface area (Å²) in [6, 6.07) is 22.7. The highest BCUT2D eigenvalue weighted by Gasteiger charge is 2.41. The van der Waals surface area contributed by atoms with Gasteiger partial charge >= 0.3 is 18.0 Å². The number of likely N-dealkylation sites (tertiary alicyclic amines) is 1. The minimum atomic E-state index is -1.55. The molecule has 5 N–H and O–H groups in total. The first-order valence-electron chi connectivity index (χ1n) is 24.4.